The predicted molar refractivity (Wildman–Crippen MR) is 101 cm³/mol. The lowest BCUT2D eigenvalue weighted by Crippen LogP contribution is -2.41. The Balaban J connectivity index is 1.80. The van der Waals surface area contributed by atoms with E-state index in [9.17, 15) is 0 Å². The summed E-state index contributed by atoms with van der Waals surface area (Å²) in [4.78, 5) is 4.72. The van der Waals surface area contributed by atoms with E-state index < -0.39 is 0 Å². The molecule has 0 radical (unpaired) electrons. The number of aromatic nitrogens is 2. The van der Waals surface area contributed by atoms with Crippen LogP contribution in [0.2, 0.25) is 0 Å². The van der Waals surface area contributed by atoms with Crippen LogP contribution in [0.1, 0.15) is 31.3 Å². The van der Waals surface area contributed by atoms with Gasteiger partial charge in [0, 0.05) is 5.56 Å². The average molecular weight is 350 g/mol. The van der Waals surface area contributed by atoms with Gasteiger partial charge in [-0.15, -0.1) is 0 Å². The third-order valence-electron chi connectivity index (χ3n) is 4.56. The van der Waals surface area contributed by atoms with Crippen LogP contribution >= 0.6 is 0 Å². The molecule has 0 bridgehead atoms. The lowest BCUT2D eigenvalue weighted by Gasteiger charge is -2.22. The maximum Gasteiger partial charge on any atom is 0.126 e. The third-order valence-corrected chi connectivity index (χ3v) is 4.56. The highest BCUT2D eigenvalue weighted by Gasteiger charge is 2.25. The topological polar surface area (TPSA) is 79.1 Å². The molecular weight excluding hydrogens is 328 g/mol. The molecule has 3 aromatic rings. The zero-order chi connectivity index (χ0) is 17.9. The van der Waals surface area contributed by atoms with Crippen molar-refractivity contribution in [3.8, 4) is 11.3 Å². The van der Waals surface area contributed by atoms with Crippen LogP contribution in [0, 0.1) is 0 Å². The van der Waals surface area contributed by atoms with Crippen LogP contribution < -0.4 is 21.9 Å². The summed E-state index contributed by atoms with van der Waals surface area (Å²) in [5.41, 5.74) is 16.3. The molecule has 1 fully saturated rings. The van der Waals surface area contributed by atoms with Crippen LogP contribution in [0.25, 0.3) is 22.9 Å². The fraction of sp³-hybridized carbons (Fsp3) is 0.211. The normalized spacial score (nSPS) is 16.9. The summed E-state index contributed by atoms with van der Waals surface area (Å²) in [5, 5.41) is 0. The number of allylic oxidation sites excluding steroid dienone is 1. The molecule has 0 aliphatic carbocycles. The molecule has 1 atom stereocenters. The summed E-state index contributed by atoms with van der Waals surface area (Å²) in [7, 11) is 0. The van der Waals surface area contributed by atoms with Gasteiger partial charge < -0.3 is 8.98 Å². The van der Waals surface area contributed by atoms with E-state index >= 15 is 0 Å². The number of hydrogen-bond acceptors (Lipinski definition) is 6. The largest absolute Gasteiger partial charge is 0.465 e. The number of hydrazine groups is 3. The van der Waals surface area contributed by atoms with Crippen molar-refractivity contribution in [3.05, 3.63) is 66.5 Å². The van der Waals surface area contributed by atoms with Crippen molar-refractivity contribution in [2.45, 2.75) is 26.1 Å². The highest BCUT2D eigenvalue weighted by Crippen LogP contribution is 2.31. The number of rotatable bonds is 5. The fourth-order valence-electron chi connectivity index (χ4n) is 3.19. The van der Waals surface area contributed by atoms with Crippen LogP contribution in [0.3, 0.4) is 0 Å². The minimum Gasteiger partial charge on any atom is -0.465 e. The molecule has 0 saturated carbocycles. The Labute approximate surface area is 152 Å². The predicted octanol–water partition coefficient (Wildman–Crippen LogP) is 2.71. The zero-order valence-electron chi connectivity index (χ0n) is 14.7. The Morgan fingerprint density at radius 1 is 1.15 bits per heavy atom. The highest BCUT2D eigenvalue weighted by molar-refractivity contribution is 5.84. The molecule has 1 aromatic carbocycles. The van der Waals surface area contributed by atoms with Crippen molar-refractivity contribution in [3.63, 3.8) is 0 Å². The zero-order valence-corrected chi connectivity index (χ0v) is 14.7. The molecule has 26 heavy (non-hydrogen) atoms. The Kier molecular flexibility index (Phi) is 4.68. The lowest BCUT2D eigenvalue weighted by atomic mass is 10.0. The van der Waals surface area contributed by atoms with E-state index in [1.165, 1.54) is 0 Å². The Morgan fingerprint density at radius 2 is 1.92 bits per heavy atom. The number of nitrogens with zero attached hydrogens (tertiary/aromatic N) is 2. The van der Waals surface area contributed by atoms with Crippen LogP contribution in [-0.2, 0) is 0 Å². The summed E-state index contributed by atoms with van der Waals surface area (Å²) in [6, 6.07) is 14.2. The first kappa shape index (κ1) is 16.7. The quantitative estimate of drug-likeness (QED) is 0.567. The molecule has 1 saturated heterocycles. The number of imidazole rings is 1. The van der Waals surface area contributed by atoms with Gasteiger partial charge in [-0.05, 0) is 37.6 Å². The number of benzene rings is 1. The van der Waals surface area contributed by atoms with Crippen molar-refractivity contribution in [1.82, 2.24) is 31.5 Å². The van der Waals surface area contributed by atoms with Crippen molar-refractivity contribution < 1.29 is 4.42 Å². The van der Waals surface area contributed by atoms with Crippen molar-refractivity contribution in [2.75, 3.05) is 0 Å². The van der Waals surface area contributed by atoms with Gasteiger partial charge in [0.05, 0.1) is 30.0 Å². The molecule has 0 spiro atoms. The van der Waals surface area contributed by atoms with Crippen molar-refractivity contribution in [1.29, 1.82) is 0 Å². The Morgan fingerprint density at radius 3 is 2.62 bits per heavy atom. The molecule has 7 nitrogen and oxygen atoms in total. The van der Waals surface area contributed by atoms with E-state index in [0.29, 0.717) is 0 Å². The molecule has 4 N–H and O–H groups in total. The summed E-state index contributed by atoms with van der Waals surface area (Å²) < 4.78 is 7.67. The molecule has 0 amide bonds. The minimum absolute atomic E-state index is 0.0167. The van der Waals surface area contributed by atoms with E-state index in [1.807, 2.05) is 42.7 Å². The Hall–Kier alpha value is -2.71. The van der Waals surface area contributed by atoms with Crippen LogP contribution in [0.15, 0.2) is 59.5 Å². The number of hydrogen-bond donors (Lipinski definition) is 4. The van der Waals surface area contributed by atoms with E-state index in [1.54, 1.807) is 6.26 Å². The van der Waals surface area contributed by atoms with Crippen LogP contribution in [0.4, 0.5) is 0 Å². The highest BCUT2D eigenvalue weighted by atomic mass is 16.3. The maximum atomic E-state index is 5.50. The van der Waals surface area contributed by atoms with Gasteiger partial charge in [-0.1, -0.05) is 30.3 Å². The smallest absolute Gasteiger partial charge is 0.126 e. The first-order valence-corrected chi connectivity index (χ1v) is 8.59. The molecule has 7 heteroatoms. The summed E-state index contributed by atoms with van der Waals surface area (Å²) >= 11 is 0. The van der Waals surface area contributed by atoms with E-state index in [2.05, 4.69) is 52.5 Å². The second-order valence-electron chi connectivity index (χ2n) is 6.31. The van der Waals surface area contributed by atoms with Gasteiger partial charge in [0.2, 0.25) is 0 Å². The van der Waals surface area contributed by atoms with Crippen LogP contribution in [-0.4, -0.2) is 15.7 Å². The van der Waals surface area contributed by atoms with E-state index in [0.717, 1.165) is 28.3 Å². The summed E-state index contributed by atoms with van der Waals surface area (Å²) in [5.74, 6) is 0.822. The summed E-state index contributed by atoms with van der Waals surface area (Å²) in [6.45, 7) is 4.22. The summed E-state index contributed by atoms with van der Waals surface area (Å²) in [6.07, 6.45) is 5.63. The van der Waals surface area contributed by atoms with Crippen LogP contribution in [0.5, 0.6) is 0 Å². The molecule has 2 aromatic heterocycles. The minimum atomic E-state index is 0.0167. The first-order chi connectivity index (χ1) is 12.7. The van der Waals surface area contributed by atoms with Gasteiger partial charge in [0.1, 0.15) is 11.9 Å². The van der Waals surface area contributed by atoms with Gasteiger partial charge >= 0.3 is 0 Å². The molecule has 1 aliphatic rings. The molecule has 3 heterocycles. The molecule has 134 valence electrons. The van der Waals surface area contributed by atoms with Gasteiger partial charge in [-0.3, -0.25) is 0 Å². The molecule has 4 rings (SSSR count). The first-order valence-electron chi connectivity index (χ1n) is 8.59. The van der Waals surface area contributed by atoms with E-state index in [4.69, 9.17) is 9.40 Å². The second-order valence-corrected chi connectivity index (χ2v) is 6.31. The maximum absolute atomic E-state index is 5.50. The number of furan rings is 1. The van der Waals surface area contributed by atoms with E-state index in [-0.39, 0.29) is 12.2 Å². The fourth-order valence-corrected chi connectivity index (χ4v) is 3.19. The standard InChI is InChI=1S/C19H22N6O/c1-13(11-16-9-6-10-26-16)18-17(15-7-4-3-5-8-15)20-12-25(18)14(2)19-21-23-24-22-19/h3-12,14,19,21-24H,1-2H3/b13-11+. The van der Waals surface area contributed by atoms with Crippen molar-refractivity contribution in [2.24, 2.45) is 0 Å². The number of nitrogens with one attached hydrogen (secondary N) is 4. The average Bonchev–Trinajstić information content (AvgIpc) is 3.42. The molecular formula is C19H22N6O. The Bertz CT molecular complexity index is 878. The SMILES string of the molecule is C/C(=C\c1ccco1)c1c(-c2ccccc2)ncn1C(C)C1NNNN1. The molecule has 1 unspecified atom stereocenters. The lowest BCUT2D eigenvalue weighted by molar-refractivity contribution is 0.364. The monoisotopic (exact) mass is 350 g/mol. The van der Waals surface area contributed by atoms with Gasteiger partial charge in [-0.2, -0.15) is 11.1 Å². The second kappa shape index (κ2) is 7.27. The van der Waals surface area contributed by atoms with Gasteiger partial charge in [-0.25, -0.2) is 15.8 Å². The van der Waals surface area contributed by atoms with Gasteiger partial charge in [0.15, 0.2) is 0 Å². The van der Waals surface area contributed by atoms with Gasteiger partial charge in [0.25, 0.3) is 0 Å². The van der Waals surface area contributed by atoms with Crippen molar-refractivity contribution >= 4 is 11.6 Å². The molecule has 1 aliphatic heterocycles. The third kappa shape index (κ3) is 3.21.